The SMILES string of the molecule is CCN(CC)c1cc(OC)c2nc3c4ccccc4c(=Nc4ccncc4)cc-3oc2c1. The number of anilines is 1. The molecule has 1 aliphatic carbocycles. The Morgan fingerprint density at radius 2 is 1.72 bits per heavy atom. The quantitative estimate of drug-likeness (QED) is 0.273. The standard InChI is InChI=1S/C26H24N4O2/c1-4-30(5-2)18-14-22(31-3)26-23(15-18)32-24-16-21(28-17-10-12-27-13-11-17)19-8-6-7-9-20(19)25(24)29-26/h6-16H,4-5H2,1-3H3. The van der Waals surface area contributed by atoms with Crippen molar-refractivity contribution in [1.29, 1.82) is 0 Å². The normalized spacial score (nSPS) is 12.0. The average Bonchev–Trinajstić information content (AvgIpc) is 2.84. The molecule has 3 aromatic rings. The van der Waals surface area contributed by atoms with Crippen molar-refractivity contribution in [3.63, 3.8) is 0 Å². The maximum atomic E-state index is 6.41. The van der Waals surface area contributed by atoms with Gasteiger partial charge >= 0.3 is 0 Å². The highest BCUT2D eigenvalue weighted by Gasteiger charge is 2.18. The molecule has 0 bridgehead atoms. The zero-order valence-electron chi connectivity index (χ0n) is 18.4. The first-order chi connectivity index (χ1) is 15.7. The number of fused-ring (bicyclic) bond motifs is 4. The number of benzene rings is 3. The zero-order chi connectivity index (χ0) is 22.1. The van der Waals surface area contributed by atoms with E-state index < -0.39 is 0 Å². The molecule has 0 amide bonds. The molecule has 0 saturated carbocycles. The summed E-state index contributed by atoms with van der Waals surface area (Å²) in [6.45, 7) is 6.06. The van der Waals surface area contributed by atoms with Crippen LogP contribution in [0.3, 0.4) is 0 Å². The van der Waals surface area contributed by atoms with Gasteiger partial charge in [0.2, 0.25) is 0 Å². The molecule has 0 spiro atoms. The summed E-state index contributed by atoms with van der Waals surface area (Å²) >= 11 is 0. The lowest BCUT2D eigenvalue weighted by Gasteiger charge is -2.22. The first kappa shape index (κ1) is 20.0. The largest absolute Gasteiger partial charge is 0.494 e. The van der Waals surface area contributed by atoms with Gasteiger partial charge in [-0.25, -0.2) is 9.98 Å². The van der Waals surface area contributed by atoms with E-state index in [0.717, 1.165) is 46.3 Å². The molecule has 0 radical (unpaired) electrons. The number of pyridine rings is 1. The summed E-state index contributed by atoms with van der Waals surface area (Å²) in [5.74, 6) is 1.38. The molecule has 5 rings (SSSR count). The van der Waals surface area contributed by atoms with Crippen LogP contribution in [-0.2, 0) is 0 Å². The van der Waals surface area contributed by atoms with Crippen LogP contribution in [0, 0.1) is 0 Å². The minimum atomic E-state index is 0.683. The molecule has 2 aliphatic rings. The van der Waals surface area contributed by atoms with Crippen molar-refractivity contribution < 1.29 is 9.15 Å². The van der Waals surface area contributed by atoms with Crippen LogP contribution in [-0.4, -0.2) is 30.2 Å². The van der Waals surface area contributed by atoms with Crippen LogP contribution >= 0.6 is 0 Å². The van der Waals surface area contributed by atoms with Crippen molar-refractivity contribution in [3.05, 3.63) is 72.3 Å². The molecule has 0 fully saturated rings. The Morgan fingerprint density at radius 1 is 0.969 bits per heavy atom. The molecule has 6 heteroatoms. The Hall–Kier alpha value is -3.93. The fourth-order valence-electron chi connectivity index (χ4n) is 4.07. The van der Waals surface area contributed by atoms with Gasteiger partial charge in [0.25, 0.3) is 0 Å². The highest BCUT2D eigenvalue weighted by molar-refractivity contribution is 5.97. The zero-order valence-corrected chi connectivity index (χ0v) is 18.4. The van der Waals surface area contributed by atoms with Crippen LogP contribution in [0.5, 0.6) is 5.75 Å². The van der Waals surface area contributed by atoms with Gasteiger partial charge in [0.15, 0.2) is 11.3 Å². The number of hydrogen-bond donors (Lipinski definition) is 0. The van der Waals surface area contributed by atoms with Gasteiger partial charge in [-0.05, 0) is 26.0 Å². The van der Waals surface area contributed by atoms with E-state index >= 15 is 0 Å². The van der Waals surface area contributed by atoms with Gasteiger partial charge in [-0.2, -0.15) is 0 Å². The molecule has 0 atom stereocenters. The first-order valence-corrected chi connectivity index (χ1v) is 10.8. The molecule has 2 heterocycles. The Bertz CT molecular complexity index is 1440. The van der Waals surface area contributed by atoms with Gasteiger partial charge in [0.1, 0.15) is 17.0 Å². The lowest BCUT2D eigenvalue weighted by Crippen LogP contribution is -2.21. The lowest BCUT2D eigenvalue weighted by molar-refractivity contribution is 0.418. The second kappa shape index (κ2) is 8.30. The van der Waals surface area contributed by atoms with E-state index in [-0.39, 0.29) is 0 Å². The predicted molar refractivity (Wildman–Crippen MR) is 128 cm³/mol. The highest BCUT2D eigenvalue weighted by Crippen LogP contribution is 2.36. The number of aromatic nitrogens is 2. The van der Waals surface area contributed by atoms with E-state index in [2.05, 4.69) is 29.8 Å². The number of hydrogen-bond acceptors (Lipinski definition) is 6. The predicted octanol–water partition coefficient (Wildman–Crippen LogP) is 5.57. The Kier molecular flexibility index (Phi) is 5.19. The van der Waals surface area contributed by atoms with E-state index in [4.69, 9.17) is 19.1 Å². The van der Waals surface area contributed by atoms with Crippen LogP contribution in [0.15, 0.2) is 76.4 Å². The average molecular weight is 425 g/mol. The summed E-state index contributed by atoms with van der Waals surface area (Å²) in [7, 11) is 1.67. The molecule has 0 saturated heterocycles. The number of nitrogens with zero attached hydrogens (tertiary/aromatic N) is 4. The van der Waals surface area contributed by atoms with Gasteiger partial charge in [-0.3, -0.25) is 4.98 Å². The molecule has 2 aromatic carbocycles. The van der Waals surface area contributed by atoms with Crippen molar-refractivity contribution in [3.8, 4) is 17.2 Å². The summed E-state index contributed by atoms with van der Waals surface area (Å²) in [5.41, 5.74) is 4.06. The van der Waals surface area contributed by atoms with Crippen LogP contribution in [0.25, 0.3) is 33.3 Å². The van der Waals surface area contributed by atoms with Crippen molar-refractivity contribution in [1.82, 2.24) is 9.97 Å². The van der Waals surface area contributed by atoms with Crippen LogP contribution < -0.4 is 15.0 Å². The Morgan fingerprint density at radius 3 is 2.44 bits per heavy atom. The monoisotopic (exact) mass is 424 g/mol. The molecule has 0 N–H and O–H groups in total. The molecular weight excluding hydrogens is 400 g/mol. The molecule has 6 nitrogen and oxygen atoms in total. The van der Waals surface area contributed by atoms with Gasteiger partial charge in [0.05, 0.1) is 18.2 Å². The lowest BCUT2D eigenvalue weighted by atomic mass is 10.0. The summed E-state index contributed by atoms with van der Waals surface area (Å²) in [6.07, 6.45) is 3.48. The van der Waals surface area contributed by atoms with E-state index in [0.29, 0.717) is 22.6 Å². The van der Waals surface area contributed by atoms with Crippen molar-refractivity contribution >= 4 is 33.2 Å². The fourth-order valence-corrected chi connectivity index (χ4v) is 4.07. The third-order valence-corrected chi connectivity index (χ3v) is 5.69. The maximum Gasteiger partial charge on any atom is 0.159 e. The third-order valence-electron chi connectivity index (χ3n) is 5.69. The highest BCUT2D eigenvalue weighted by atomic mass is 16.5. The Balaban J connectivity index is 1.85. The molecular formula is C26H24N4O2. The smallest absolute Gasteiger partial charge is 0.159 e. The maximum absolute atomic E-state index is 6.41. The number of methoxy groups -OCH3 is 1. The van der Waals surface area contributed by atoms with E-state index in [1.54, 1.807) is 19.5 Å². The Labute approximate surface area is 186 Å². The number of rotatable bonds is 5. The fraction of sp³-hybridized carbons (Fsp3) is 0.192. The number of ether oxygens (including phenoxy) is 1. The van der Waals surface area contributed by atoms with Crippen molar-refractivity contribution in [2.24, 2.45) is 4.99 Å². The molecule has 160 valence electrons. The topological polar surface area (TPSA) is 63.8 Å². The second-order valence-electron chi connectivity index (χ2n) is 7.49. The summed E-state index contributed by atoms with van der Waals surface area (Å²) < 4.78 is 12.1. The van der Waals surface area contributed by atoms with Gasteiger partial charge in [-0.15, -0.1) is 0 Å². The van der Waals surface area contributed by atoms with Crippen LogP contribution in [0.1, 0.15) is 13.8 Å². The molecule has 1 aliphatic heterocycles. The van der Waals surface area contributed by atoms with E-state index in [9.17, 15) is 0 Å². The second-order valence-corrected chi connectivity index (χ2v) is 7.49. The minimum absolute atomic E-state index is 0.683. The van der Waals surface area contributed by atoms with Crippen molar-refractivity contribution in [2.75, 3.05) is 25.1 Å². The summed E-state index contributed by atoms with van der Waals surface area (Å²) in [6, 6.07) is 17.9. The van der Waals surface area contributed by atoms with E-state index in [1.165, 1.54) is 0 Å². The van der Waals surface area contributed by atoms with Crippen molar-refractivity contribution in [2.45, 2.75) is 13.8 Å². The minimum Gasteiger partial charge on any atom is -0.494 e. The summed E-state index contributed by atoms with van der Waals surface area (Å²) in [4.78, 5) is 16.2. The first-order valence-electron chi connectivity index (χ1n) is 10.8. The molecule has 1 aromatic heterocycles. The molecule has 32 heavy (non-hydrogen) atoms. The van der Waals surface area contributed by atoms with Crippen LogP contribution in [0.2, 0.25) is 0 Å². The third kappa shape index (κ3) is 3.43. The van der Waals surface area contributed by atoms with Gasteiger partial charge in [-0.1, -0.05) is 24.3 Å². The van der Waals surface area contributed by atoms with E-state index in [1.807, 2.05) is 48.5 Å². The summed E-state index contributed by atoms with van der Waals surface area (Å²) in [5, 5.41) is 2.83. The van der Waals surface area contributed by atoms with Gasteiger partial charge < -0.3 is 14.1 Å². The van der Waals surface area contributed by atoms with Gasteiger partial charge in [0, 0.05) is 60.1 Å². The van der Waals surface area contributed by atoms with Crippen LogP contribution in [0.4, 0.5) is 11.4 Å². The molecule has 0 unspecified atom stereocenters.